The molecule has 3 aromatic rings. The lowest BCUT2D eigenvalue weighted by Crippen LogP contribution is -2.42. The van der Waals surface area contributed by atoms with Gasteiger partial charge in [-0.3, -0.25) is 18.7 Å². The number of aromatic nitrogens is 3. The monoisotopic (exact) mass is 424 g/mol. The third-order valence-electron chi connectivity index (χ3n) is 6.10. The Morgan fingerprint density at radius 1 is 1.00 bits per heavy atom. The quantitative estimate of drug-likeness (QED) is 0.521. The molecule has 0 radical (unpaired) electrons. The van der Waals surface area contributed by atoms with Gasteiger partial charge in [0.15, 0.2) is 5.43 Å². The molecule has 0 N–H and O–H groups in total. The molecule has 2 heterocycles. The first-order valence-electron chi connectivity index (χ1n) is 10.8. The number of rotatable bonds is 8. The second-order valence-electron chi connectivity index (χ2n) is 8.53. The van der Waals surface area contributed by atoms with Crippen LogP contribution in [0.15, 0.2) is 50.8 Å². The van der Waals surface area contributed by atoms with E-state index in [1.54, 1.807) is 7.05 Å². The molecule has 0 saturated carbocycles. The molecule has 166 valence electrons. The minimum absolute atomic E-state index is 0.0743. The van der Waals surface area contributed by atoms with Crippen LogP contribution in [0, 0.1) is 6.92 Å². The smallest absolute Gasteiger partial charge is 0.326 e. The van der Waals surface area contributed by atoms with Gasteiger partial charge in [-0.15, -0.1) is 0 Å². The Kier molecular flexibility index (Phi) is 6.95. The summed E-state index contributed by atoms with van der Waals surface area (Å²) in [7, 11) is 5.71. The molecule has 1 aromatic carbocycles. The Bertz CT molecular complexity index is 1240. The zero-order valence-electron chi connectivity index (χ0n) is 19.1. The predicted molar refractivity (Wildman–Crippen MR) is 125 cm³/mol. The Morgan fingerprint density at radius 2 is 1.68 bits per heavy atom. The van der Waals surface area contributed by atoms with Crippen LogP contribution in [0.4, 0.5) is 0 Å². The summed E-state index contributed by atoms with van der Waals surface area (Å²) < 4.78 is 4.53. The van der Waals surface area contributed by atoms with E-state index in [4.69, 9.17) is 0 Å². The summed E-state index contributed by atoms with van der Waals surface area (Å²) in [6, 6.07) is 11.7. The average Bonchev–Trinajstić information content (AvgIpc) is 2.73. The summed E-state index contributed by atoms with van der Waals surface area (Å²) in [4.78, 5) is 41.2. The predicted octanol–water partition coefficient (Wildman–Crippen LogP) is 2.34. The number of aryl methyl sites for hydroxylation is 2. The van der Waals surface area contributed by atoms with Gasteiger partial charge in [0.25, 0.3) is 5.56 Å². The van der Waals surface area contributed by atoms with Gasteiger partial charge < -0.3 is 9.47 Å². The molecule has 1 atom stereocenters. The summed E-state index contributed by atoms with van der Waals surface area (Å²) >= 11 is 0. The van der Waals surface area contributed by atoms with Crippen LogP contribution in [-0.4, -0.2) is 38.7 Å². The van der Waals surface area contributed by atoms with E-state index in [2.05, 4.69) is 11.8 Å². The molecule has 1 unspecified atom stereocenters. The number of hydrogen-bond acceptors (Lipinski definition) is 4. The highest BCUT2D eigenvalue weighted by molar-refractivity contribution is 5.74. The van der Waals surface area contributed by atoms with Crippen molar-refractivity contribution in [3.8, 4) is 0 Å². The first-order chi connectivity index (χ1) is 14.7. The molecule has 0 spiro atoms. The van der Waals surface area contributed by atoms with Crippen molar-refractivity contribution in [2.45, 2.75) is 52.2 Å². The van der Waals surface area contributed by atoms with E-state index in [9.17, 15) is 14.4 Å². The summed E-state index contributed by atoms with van der Waals surface area (Å²) in [5.74, 6) is 0. The molecule has 7 nitrogen and oxygen atoms in total. The first kappa shape index (κ1) is 22.7. The van der Waals surface area contributed by atoms with Gasteiger partial charge in [-0.2, -0.15) is 0 Å². The Morgan fingerprint density at radius 3 is 2.32 bits per heavy atom. The number of benzene rings is 1. The van der Waals surface area contributed by atoms with Crippen molar-refractivity contribution in [1.82, 2.24) is 18.6 Å². The van der Waals surface area contributed by atoms with E-state index in [1.807, 2.05) is 55.9 Å². The van der Waals surface area contributed by atoms with Crippen LogP contribution in [0.3, 0.4) is 0 Å². The largest absolute Gasteiger partial charge is 0.332 e. The molecule has 0 amide bonds. The van der Waals surface area contributed by atoms with Crippen LogP contribution in [0.1, 0.15) is 37.4 Å². The fourth-order valence-electron chi connectivity index (χ4n) is 3.93. The maximum atomic E-state index is 13.2. The van der Waals surface area contributed by atoms with Gasteiger partial charge in [0.05, 0.1) is 0 Å². The molecule has 0 aliphatic heterocycles. The molecular formula is C24H32N4O3. The van der Waals surface area contributed by atoms with E-state index in [1.165, 1.54) is 15.2 Å². The van der Waals surface area contributed by atoms with E-state index in [0.717, 1.165) is 18.4 Å². The molecule has 0 bridgehead atoms. The molecule has 2 aromatic heterocycles. The van der Waals surface area contributed by atoms with Gasteiger partial charge >= 0.3 is 5.69 Å². The van der Waals surface area contributed by atoms with Crippen LogP contribution in [0.5, 0.6) is 0 Å². The minimum Gasteiger partial charge on any atom is -0.326 e. The average molecular weight is 425 g/mol. The lowest BCUT2D eigenvalue weighted by molar-refractivity contribution is 0.290. The van der Waals surface area contributed by atoms with Crippen molar-refractivity contribution in [2.24, 2.45) is 7.05 Å². The SMILES string of the molecule is Cc1cc(=O)c2c(=O)n(CCCCC(C)N(C)C)c(=O)n(C)c2n1Cc1ccccc1. The minimum atomic E-state index is -0.495. The van der Waals surface area contributed by atoms with Gasteiger partial charge in [0.2, 0.25) is 0 Å². The van der Waals surface area contributed by atoms with Gasteiger partial charge in [-0.25, -0.2) is 4.79 Å². The third-order valence-corrected chi connectivity index (χ3v) is 6.10. The van der Waals surface area contributed by atoms with E-state index < -0.39 is 5.56 Å². The topological polar surface area (TPSA) is 69.2 Å². The van der Waals surface area contributed by atoms with Gasteiger partial charge in [-0.1, -0.05) is 36.8 Å². The van der Waals surface area contributed by atoms with Crippen LogP contribution >= 0.6 is 0 Å². The Hall–Kier alpha value is -2.93. The first-order valence-corrected chi connectivity index (χ1v) is 10.8. The summed E-state index contributed by atoms with van der Waals surface area (Å²) in [5.41, 5.74) is 0.901. The third kappa shape index (κ3) is 4.71. The van der Waals surface area contributed by atoms with Crippen molar-refractivity contribution < 1.29 is 0 Å². The summed E-state index contributed by atoms with van der Waals surface area (Å²) in [6.45, 7) is 4.76. The highest BCUT2D eigenvalue weighted by atomic mass is 16.2. The summed E-state index contributed by atoms with van der Waals surface area (Å²) in [5, 5.41) is 0.0743. The molecule has 31 heavy (non-hydrogen) atoms. The van der Waals surface area contributed by atoms with Crippen molar-refractivity contribution in [3.63, 3.8) is 0 Å². The van der Waals surface area contributed by atoms with Gasteiger partial charge in [0.1, 0.15) is 11.0 Å². The normalized spacial score (nSPS) is 12.6. The van der Waals surface area contributed by atoms with Crippen molar-refractivity contribution >= 4 is 11.0 Å². The molecule has 3 rings (SSSR count). The molecule has 0 aliphatic rings. The van der Waals surface area contributed by atoms with E-state index in [0.29, 0.717) is 36.9 Å². The maximum Gasteiger partial charge on any atom is 0.332 e. The van der Waals surface area contributed by atoms with Crippen LogP contribution in [0.2, 0.25) is 0 Å². The fourth-order valence-corrected chi connectivity index (χ4v) is 3.93. The van der Waals surface area contributed by atoms with E-state index >= 15 is 0 Å². The van der Waals surface area contributed by atoms with Crippen LogP contribution < -0.4 is 16.7 Å². The van der Waals surface area contributed by atoms with Gasteiger partial charge in [-0.05, 0) is 46.3 Å². The zero-order chi connectivity index (χ0) is 22.7. The van der Waals surface area contributed by atoms with Crippen molar-refractivity contribution in [3.05, 3.63) is 78.7 Å². The van der Waals surface area contributed by atoms with Crippen molar-refractivity contribution in [2.75, 3.05) is 14.1 Å². The number of unbranched alkanes of at least 4 members (excludes halogenated alkanes) is 1. The van der Waals surface area contributed by atoms with Crippen LogP contribution in [-0.2, 0) is 20.1 Å². The van der Waals surface area contributed by atoms with Crippen LogP contribution in [0.25, 0.3) is 11.0 Å². The van der Waals surface area contributed by atoms with E-state index in [-0.39, 0.29) is 16.5 Å². The number of fused-ring (bicyclic) bond motifs is 1. The number of pyridine rings is 1. The second kappa shape index (κ2) is 9.47. The Balaban J connectivity index is 2.04. The molecule has 0 fully saturated rings. The molecule has 0 aliphatic carbocycles. The number of hydrogen-bond donors (Lipinski definition) is 0. The zero-order valence-corrected chi connectivity index (χ0v) is 19.1. The van der Waals surface area contributed by atoms with Crippen molar-refractivity contribution in [1.29, 1.82) is 0 Å². The number of nitrogens with zero attached hydrogens (tertiary/aromatic N) is 4. The van der Waals surface area contributed by atoms with Gasteiger partial charge in [0, 0.05) is 37.9 Å². The Labute approximate surface area is 182 Å². The standard InChI is InChI=1S/C24H32N4O3/c1-17(25(3)4)11-9-10-14-27-23(30)21-20(29)15-18(2)28(22(21)26(5)24(27)31)16-19-12-7-6-8-13-19/h6-8,12-13,15,17H,9-11,14,16H2,1-5H3. The lowest BCUT2D eigenvalue weighted by Gasteiger charge is -2.20. The highest BCUT2D eigenvalue weighted by Gasteiger charge is 2.18. The summed E-state index contributed by atoms with van der Waals surface area (Å²) in [6.07, 6.45) is 2.60. The fraction of sp³-hybridized carbons (Fsp3) is 0.458. The lowest BCUT2D eigenvalue weighted by atomic mass is 10.1. The molecule has 7 heteroatoms. The highest BCUT2D eigenvalue weighted by Crippen LogP contribution is 2.12. The second-order valence-corrected chi connectivity index (χ2v) is 8.53. The maximum absolute atomic E-state index is 13.2. The molecule has 0 saturated heterocycles. The molecular weight excluding hydrogens is 392 g/mol.